The van der Waals surface area contributed by atoms with Crippen molar-refractivity contribution in [1.82, 2.24) is 14.8 Å². The lowest BCUT2D eigenvalue weighted by molar-refractivity contribution is -0.141. The van der Waals surface area contributed by atoms with Crippen LogP contribution in [0.5, 0.6) is 0 Å². The molecule has 3 heterocycles. The molecule has 2 saturated heterocycles. The Bertz CT molecular complexity index is 1270. The summed E-state index contributed by atoms with van der Waals surface area (Å²) in [6.45, 7) is 4.86. The number of carbonyl (C=O) groups is 1. The van der Waals surface area contributed by atoms with E-state index in [-0.39, 0.29) is 29.5 Å². The largest absolute Gasteiger partial charge is 0.370 e. The number of ether oxygens (including phenoxy) is 1. The zero-order valence-electron chi connectivity index (χ0n) is 20.0. The van der Waals surface area contributed by atoms with E-state index in [4.69, 9.17) is 10.6 Å². The van der Waals surface area contributed by atoms with Crippen LogP contribution in [0.3, 0.4) is 0 Å². The topological polar surface area (TPSA) is 133 Å². The molecular formula is C25H27FN8O2. The van der Waals surface area contributed by atoms with Crippen molar-refractivity contribution in [3.8, 4) is 6.07 Å². The normalized spacial score (nSPS) is 24.1. The van der Waals surface area contributed by atoms with Crippen molar-refractivity contribution >= 4 is 18.1 Å². The Morgan fingerprint density at radius 3 is 3.00 bits per heavy atom. The van der Waals surface area contributed by atoms with Crippen LogP contribution in [0.1, 0.15) is 46.3 Å². The number of fused-ring (bicyclic) bond motifs is 2. The second-order valence-electron chi connectivity index (χ2n) is 9.31. The first-order valence-corrected chi connectivity index (χ1v) is 11.9. The number of amides is 1. The van der Waals surface area contributed by atoms with Crippen molar-refractivity contribution in [2.45, 2.75) is 37.8 Å². The molecule has 5 rings (SSSR count). The van der Waals surface area contributed by atoms with E-state index in [0.29, 0.717) is 37.6 Å². The Labute approximate surface area is 208 Å². The summed E-state index contributed by atoms with van der Waals surface area (Å²) in [5, 5.41) is 15.9. The molecule has 1 aromatic heterocycles. The number of hydrogen-bond donors (Lipinski definition) is 1. The molecule has 0 saturated carbocycles. The number of carbonyl (C=O) groups excluding carboxylic acids is 1. The first kappa shape index (κ1) is 24.0. The molecule has 2 aliphatic heterocycles. The summed E-state index contributed by atoms with van der Waals surface area (Å²) < 4.78 is 20.1. The molecule has 3 unspecified atom stereocenters. The van der Waals surface area contributed by atoms with Crippen LogP contribution in [0, 0.1) is 24.1 Å². The van der Waals surface area contributed by atoms with Gasteiger partial charge in [-0.15, -0.1) is 5.11 Å². The van der Waals surface area contributed by atoms with E-state index in [1.165, 1.54) is 12.4 Å². The first-order chi connectivity index (χ1) is 17.5. The van der Waals surface area contributed by atoms with Crippen LogP contribution in [0.2, 0.25) is 0 Å². The van der Waals surface area contributed by atoms with Crippen LogP contribution in [-0.2, 0) is 16.0 Å². The Balaban J connectivity index is 1.23. The van der Waals surface area contributed by atoms with Crippen molar-refractivity contribution in [3.05, 3.63) is 58.0 Å². The molecule has 2 N–H and O–H groups in total. The molecule has 0 bridgehead atoms. The second kappa shape index (κ2) is 10.1. The van der Waals surface area contributed by atoms with E-state index in [0.717, 1.165) is 36.1 Å². The molecule has 3 aliphatic rings. The van der Waals surface area contributed by atoms with Gasteiger partial charge >= 0.3 is 0 Å². The van der Waals surface area contributed by atoms with E-state index in [2.05, 4.69) is 25.2 Å². The van der Waals surface area contributed by atoms with Crippen molar-refractivity contribution in [2.75, 3.05) is 32.8 Å². The molecule has 2 fully saturated rings. The number of rotatable bonds is 4. The number of nitrogens with two attached hydrogens (primary N) is 1. The minimum Gasteiger partial charge on any atom is -0.370 e. The summed E-state index contributed by atoms with van der Waals surface area (Å²) in [7, 11) is 0. The fourth-order valence-electron chi connectivity index (χ4n) is 5.50. The molecule has 2 aromatic rings. The minimum atomic E-state index is -0.509. The van der Waals surface area contributed by atoms with Gasteiger partial charge in [0.15, 0.2) is 5.82 Å². The number of nitrogens with zero attached hydrogens (tertiary/aromatic N) is 7. The average molecular weight is 491 g/mol. The molecule has 10 nitrogen and oxygen atoms in total. The lowest BCUT2D eigenvalue weighted by atomic mass is 9.95. The second-order valence-corrected chi connectivity index (χ2v) is 9.31. The molecule has 11 heteroatoms. The van der Waals surface area contributed by atoms with Gasteiger partial charge in [0, 0.05) is 32.4 Å². The maximum Gasteiger partial charge on any atom is 0.230 e. The first-order valence-electron chi connectivity index (χ1n) is 11.9. The Morgan fingerprint density at radius 2 is 2.19 bits per heavy atom. The van der Waals surface area contributed by atoms with E-state index < -0.39 is 5.82 Å². The summed E-state index contributed by atoms with van der Waals surface area (Å²) >= 11 is 0. The lowest BCUT2D eigenvalue weighted by Gasteiger charge is -2.46. The summed E-state index contributed by atoms with van der Waals surface area (Å²) in [6, 6.07) is 6.98. The van der Waals surface area contributed by atoms with E-state index in [1.807, 2.05) is 17.0 Å². The van der Waals surface area contributed by atoms with Gasteiger partial charge < -0.3 is 15.5 Å². The lowest BCUT2D eigenvalue weighted by Crippen LogP contribution is -2.60. The molecule has 1 aromatic carbocycles. The smallest absolute Gasteiger partial charge is 0.230 e. The number of aliphatic imine (C=N–C) groups is 1. The summed E-state index contributed by atoms with van der Waals surface area (Å²) in [4.78, 5) is 26.2. The molecule has 1 aliphatic carbocycles. The van der Waals surface area contributed by atoms with Crippen LogP contribution >= 0.6 is 0 Å². The number of piperazine rings is 1. The maximum absolute atomic E-state index is 14.0. The predicted molar refractivity (Wildman–Crippen MR) is 129 cm³/mol. The molecule has 1 amide bonds. The fraction of sp³-hybridized carbons (Fsp3) is 0.440. The highest BCUT2D eigenvalue weighted by molar-refractivity contribution is 5.85. The molecule has 186 valence electrons. The van der Waals surface area contributed by atoms with Gasteiger partial charge in [0.05, 0.1) is 30.2 Å². The van der Waals surface area contributed by atoms with E-state index in [1.54, 1.807) is 19.2 Å². The van der Waals surface area contributed by atoms with Gasteiger partial charge in [0.25, 0.3) is 0 Å². The van der Waals surface area contributed by atoms with Crippen molar-refractivity contribution in [1.29, 1.82) is 5.26 Å². The van der Waals surface area contributed by atoms with Crippen LogP contribution in [-0.4, -0.2) is 65.9 Å². The van der Waals surface area contributed by atoms with Crippen molar-refractivity contribution in [2.24, 2.45) is 21.2 Å². The highest BCUT2D eigenvalue weighted by Gasteiger charge is 2.39. The molecule has 0 spiro atoms. The number of morpholine rings is 1. The number of benzene rings is 1. The monoisotopic (exact) mass is 490 g/mol. The van der Waals surface area contributed by atoms with Crippen LogP contribution in [0.4, 0.5) is 10.2 Å². The van der Waals surface area contributed by atoms with Gasteiger partial charge in [-0.2, -0.15) is 5.26 Å². The highest BCUT2D eigenvalue weighted by atomic mass is 19.1. The van der Waals surface area contributed by atoms with Gasteiger partial charge in [-0.05, 0) is 54.2 Å². The summed E-state index contributed by atoms with van der Waals surface area (Å²) in [6.07, 6.45) is 4.29. The molecule has 0 radical (unpaired) electrons. The third-order valence-corrected chi connectivity index (χ3v) is 7.42. The van der Waals surface area contributed by atoms with Gasteiger partial charge in [0.2, 0.25) is 5.91 Å². The zero-order valence-corrected chi connectivity index (χ0v) is 20.0. The summed E-state index contributed by atoms with van der Waals surface area (Å²) in [5.41, 5.74) is 3.58. The highest BCUT2D eigenvalue weighted by Crippen LogP contribution is 2.37. The van der Waals surface area contributed by atoms with E-state index >= 15 is 0 Å². The van der Waals surface area contributed by atoms with Crippen molar-refractivity contribution < 1.29 is 13.9 Å². The Hall–Kier alpha value is -3.75. The standard InChI is InChI=1S/C25H27FN8O2/c1-15-18(4-5-22(26)20(15)9-27)23-12-33-6-7-34(11-17(33)13-36-23)25(35)19-3-2-16-8-24(29-10-21(16)19)30-14-31-32-28/h4-5,8,10,14,17,19,23H,2-3,6-7,11-13H2,1H3,(H2,28,29,30,31). The third kappa shape index (κ3) is 4.45. The molecular weight excluding hydrogens is 463 g/mol. The van der Waals surface area contributed by atoms with Gasteiger partial charge in [0.1, 0.15) is 18.2 Å². The van der Waals surface area contributed by atoms with Gasteiger partial charge in [-0.25, -0.2) is 14.4 Å². The number of aromatic nitrogens is 1. The van der Waals surface area contributed by atoms with Gasteiger partial charge in [-0.3, -0.25) is 9.69 Å². The zero-order chi connectivity index (χ0) is 25.2. The van der Waals surface area contributed by atoms with E-state index in [9.17, 15) is 14.4 Å². The number of nitriles is 1. The molecule has 3 atom stereocenters. The maximum atomic E-state index is 14.0. The number of pyridine rings is 1. The Kier molecular flexibility index (Phi) is 6.71. The average Bonchev–Trinajstić information content (AvgIpc) is 3.31. The fourth-order valence-corrected chi connectivity index (χ4v) is 5.50. The predicted octanol–water partition coefficient (Wildman–Crippen LogP) is 2.70. The number of hydrogen-bond acceptors (Lipinski definition) is 7. The van der Waals surface area contributed by atoms with Crippen LogP contribution in [0.15, 0.2) is 39.7 Å². The van der Waals surface area contributed by atoms with Crippen LogP contribution < -0.4 is 5.84 Å². The number of aryl methyl sites for hydroxylation is 1. The third-order valence-electron chi connectivity index (χ3n) is 7.42. The van der Waals surface area contributed by atoms with Crippen LogP contribution in [0.25, 0.3) is 0 Å². The summed E-state index contributed by atoms with van der Waals surface area (Å²) in [5.74, 6) is 4.89. The SMILES string of the molecule is Cc1c(C2CN3CCN(C(=O)C4CCc5cc(N=CN=NN)ncc54)CC3CO2)ccc(F)c1C#N. The molecule has 36 heavy (non-hydrogen) atoms. The quantitative estimate of drug-likeness (QED) is 0.230. The van der Waals surface area contributed by atoms with Gasteiger partial charge in [-0.1, -0.05) is 11.3 Å². The minimum absolute atomic E-state index is 0.0694. The van der Waals surface area contributed by atoms with Crippen molar-refractivity contribution in [3.63, 3.8) is 0 Å². The number of halogens is 1. The Morgan fingerprint density at radius 1 is 1.33 bits per heavy atom.